The molecule has 2 amide bonds. The molecule has 1 fully saturated rings. The van der Waals surface area contributed by atoms with Crippen LogP contribution >= 0.6 is 0 Å². The van der Waals surface area contributed by atoms with Gasteiger partial charge in [0.2, 0.25) is 5.91 Å². The molecule has 1 heterocycles. The molecule has 22 heavy (non-hydrogen) atoms. The molecule has 1 aliphatic heterocycles. The molecule has 0 radical (unpaired) electrons. The minimum atomic E-state index is -0.173. The summed E-state index contributed by atoms with van der Waals surface area (Å²) in [6.45, 7) is 3.93. The summed E-state index contributed by atoms with van der Waals surface area (Å²) in [7, 11) is 0. The SMILES string of the molecule is Cc1ccc(N)cc1C(=O)NCCC(=O)N1CCCCCC1. The highest BCUT2D eigenvalue weighted by molar-refractivity contribution is 5.96. The van der Waals surface area contributed by atoms with Crippen LogP contribution in [0, 0.1) is 6.92 Å². The summed E-state index contributed by atoms with van der Waals surface area (Å²) in [4.78, 5) is 26.2. The zero-order valence-electron chi connectivity index (χ0n) is 13.2. The van der Waals surface area contributed by atoms with Crippen molar-refractivity contribution >= 4 is 17.5 Å². The average Bonchev–Trinajstić information content (AvgIpc) is 2.78. The minimum Gasteiger partial charge on any atom is -0.399 e. The molecule has 0 aliphatic carbocycles. The number of amides is 2. The van der Waals surface area contributed by atoms with Gasteiger partial charge in [-0.3, -0.25) is 9.59 Å². The number of hydrogen-bond acceptors (Lipinski definition) is 3. The third kappa shape index (κ3) is 4.48. The molecule has 2 rings (SSSR count). The zero-order chi connectivity index (χ0) is 15.9. The van der Waals surface area contributed by atoms with E-state index in [0.717, 1.165) is 31.5 Å². The highest BCUT2D eigenvalue weighted by atomic mass is 16.2. The molecule has 0 spiro atoms. The molecule has 5 heteroatoms. The van der Waals surface area contributed by atoms with Crippen LogP contribution in [-0.2, 0) is 4.79 Å². The second-order valence-electron chi connectivity index (χ2n) is 5.88. The topological polar surface area (TPSA) is 75.4 Å². The van der Waals surface area contributed by atoms with E-state index in [2.05, 4.69) is 5.32 Å². The maximum absolute atomic E-state index is 12.1. The molecule has 0 saturated carbocycles. The van der Waals surface area contributed by atoms with Crippen molar-refractivity contribution in [2.45, 2.75) is 39.0 Å². The molecule has 120 valence electrons. The van der Waals surface area contributed by atoms with Crippen molar-refractivity contribution in [3.05, 3.63) is 29.3 Å². The first-order chi connectivity index (χ1) is 10.6. The molecule has 1 saturated heterocycles. The number of carbonyl (C=O) groups excluding carboxylic acids is 2. The Morgan fingerprint density at radius 1 is 1.18 bits per heavy atom. The van der Waals surface area contributed by atoms with Crippen LogP contribution in [0.25, 0.3) is 0 Å². The monoisotopic (exact) mass is 303 g/mol. The largest absolute Gasteiger partial charge is 0.399 e. The Kier molecular flexibility index (Phi) is 5.81. The van der Waals surface area contributed by atoms with Crippen molar-refractivity contribution in [1.82, 2.24) is 10.2 Å². The van der Waals surface area contributed by atoms with Crippen molar-refractivity contribution < 1.29 is 9.59 Å². The number of anilines is 1. The number of hydrogen-bond donors (Lipinski definition) is 2. The van der Waals surface area contributed by atoms with Crippen molar-refractivity contribution in [2.24, 2.45) is 0 Å². The molecule has 1 aliphatic rings. The van der Waals surface area contributed by atoms with Gasteiger partial charge in [-0.15, -0.1) is 0 Å². The van der Waals surface area contributed by atoms with E-state index in [1.807, 2.05) is 17.9 Å². The Morgan fingerprint density at radius 2 is 1.86 bits per heavy atom. The number of benzene rings is 1. The second-order valence-corrected chi connectivity index (χ2v) is 5.88. The van der Waals surface area contributed by atoms with Gasteiger partial charge in [-0.05, 0) is 37.5 Å². The Bertz CT molecular complexity index is 535. The van der Waals surface area contributed by atoms with E-state index in [1.165, 1.54) is 12.8 Å². The van der Waals surface area contributed by atoms with Crippen LogP contribution in [0.3, 0.4) is 0 Å². The molecule has 1 aromatic rings. The van der Waals surface area contributed by atoms with E-state index in [1.54, 1.807) is 12.1 Å². The number of nitrogens with two attached hydrogens (primary N) is 1. The molecule has 1 aromatic carbocycles. The predicted octanol–water partition coefficient (Wildman–Crippen LogP) is 2.10. The molecular formula is C17H25N3O2. The van der Waals surface area contributed by atoms with Crippen LogP contribution < -0.4 is 11.1 Å². The Hall–Kier alpha value is -2.04. The lowest BCUT2D eigenvalue weighted by molar-refractivity contribution is -0.131. The molecule has 0 aromatic heterocycles. The van der Waals surface area contributed by atoms with E-state index in [4.69, 9.17) is 5.73 Å². The third-order valence-corrected chi connectivity index (χ3v) is 4.09. The van der Waals surface area contributed by atoms with Gasteiger partial charge in [0.15, 0.2) is 0 Å². The van der Waals surface area contributed by atoms with Crippen molar-refractivity contribution in [3.8, 4) is 0 Å². The van der Waals surface area contributed by atoms with Crippen LogP contribution in [0.5, 0.6) is 0 Å². The fraction of sp³-hybridized carbons (Fsp3) is 0.529. The number of nitrogens with one attached hydrogen (secondary N) is 1. The van der Waals surface area contributed by atoms with Gasteiger partial charge < -0.3 is 16.0 Å². The number of rotatable bonds is 4. The Morgan fingerprint density at radius 3 is 2.55 bits per heavy atom. The first-order valence-electron chi connectivity index (χ1n) is 8.00. The summed E-state index contributed by atoms with van der Waals surface area (Å²) in [6.07, 6.45) is 4.93. The van der Waals surface area contributed by atoms with Gasteiger partial charge >= 0.3 is 0 Å². The van der Waals surface area contributed by atoms with E-state index >= 15 is 0 Å². The van der Waals surface area contributed by atoms with Gasteiger partial charge in [0.25, 0.3) is 5.91 Å². The smallest absolute Gasteiger partial charge is 0.251 e. The maximum atomic E-state index is 12.1. The molecule has 0 atom stereocenters. The maximum Gasteiger partial charge on any atom is 0.251 e. The molecule has 0 bridgehead atoms. The lowest BCUT2D eigenvalue weighted by Gasteiger charge is -2.20. The minimum absolute atomic E-state index is 0.131. The van der Waals surface area contributed by atoms with Gasteiger partial charge in [-0.25, -0.2) is 0 Å². The van der Waals surface area contributed by atoms with Gasteiger partial charge in [-0.1, -0.05) is 18.9 Å². The summed E-state index contributed by atoms with van der Waals surface area (Å²) in [5.74, 6) is -0.0417. The molecule has 0 unspecified atom stereocenters. The van der Waals surface area contributed by atoms with E-state index in [0.29, 0.717) is 24.2 Å². The Balaban J connectivity index is 1.81. The summed E-state index contributed by atoms with van der Waals surface area (Å²) < 4.78 is 0. The van der Waals surface area contributed by atoms with Crippen LogP contribution in [-0.4, -0.2) is 36.3 Å². The van der Waals surface area contributed by atoms with Crippen LogP contribution in [0.4, 0.5) is 5.69 Å². The first kappa shape index (κ1) is 16.3. The highest BCUT2D eigenvalue weighted by Gasteiger charge is 2.16. The van der Waals surface area contributed by atoms with Gasteiger partial charge in [0, 0.05) is 37.3 Å². The van der Waals surface area contributed by atoms with Crippen LogP contribution in [0.2, 0.25) is 0 Å². The van der Waals surface area contributed by atoms with Gasteiger partial charge in [0.05, 0.1) is 0 Å². The average molecular weight is 303 g/mol. The van der Waals surface area contributed by atoms with E-state index < -0.39 is 0 Å². The number of nitrogens with zero attached hydrogens (tertiary/aromatic N) is 1. The van der Waals surface area contributed by atoms with Crippen LogP contribution in [0.1, 0.15) is 48.0 Å². The molecule has 3 N–H and O–H groups in total. The fourth-order valence-electron chi connectivity index (χ4n) is 2.74. The zero-order valence-corrected chi connectivity index (χ0v) is 13.2. The summed E-state index contributed by atoms with van der Waals surface area (Å²) >= 11 is 0. The highest BCUT2D eigenvalue weighted by Crippen LogP contribution is 2.13. The number of nitrogen functional groups attached to an aromatic ring is 1. The van der Waals surface area contributed by atoms with E-state index in [9.17, 15) is 9.59 Å². The van der Waals surface area contributed by atoms with E-state index in [-0.39, 0.29) is 11.8 Å². The van der Waals surface area contributed by atoms with Gasteiger partial charge in [0.1, 0.15) is 0 Å². The lowest BCUT2D eigenvalue weighted by Crippen LogP contribution is -2.35. The molecule has 5 nitrogen and oxygen atoms in total. The first-order valence-corrected chi connectivity index (χ1v) is 8.00. The predicted molar refractivity (Wildman–Crippen MR) is 87.6 cm³/mol. The summed E-state index contributed by atoms with van der Waals surface area (Å²) in [6, 6.07) is 5.27. The summed E-state index contributed by atoms with van der Waals surface area (Å²) in [5, 5.41) is 2.81. The quantitative estimate of drug-likeness (QED) is 0.836. The fourth-order valence-corrected chi connectivity index (χ4v) is 2.74. The van der Waals surface area contributed by atoms with Gasteiger partial charge in [-0.2, -0.15) is 0 Å². The normalized spacial score (nSPS) is 15.2. The standard InChI is InChI=1S/C17H25N3O2/c1-13-6-7-14(18)12-15(13)17(22)19-9-8-16(21)20-10-4-2-3-5-11-20/h6-7,12H,2-5,8-11,18H2,1H3,(H,19,22). The third-order valence-electron chi connectivity index (χ3n) is 4.09. The number of aryl methyl sites for hydroxylation is 1. The molecular weight excluding hydrogens is 278 g/mol. The Labute approximate surface area is 131 Å². The summed E-state index contributed by atoms with van der Waals surface area (Å²) in [5.41, 5.74) is 7.73. The number of carbonyl (C=O) groups is 2. The van der Waals surface area contributed by atoms with Crippen LogP contribution in [0.15, 0.2) is 18.2 Å². The van der Waals surface area contributed by atoms with Crippen molar-refractivity contribution in [3.63, 3.8) is 0 Å². The second kappa shape index (κ2) is 7.82. The lowest BCUT2D eigenvalue weighted by atomic mass is 10.1. The van der Waals surface area contributed by atoms with Crippen molar-refractivity contribution in [1.29, 1.82) is 0 Å². The number of likely N-dealkylation sites (tertiary alicyclic amines) is 1. The van der Waals surface area contributed by atoms with Crippen molar-refractivity contribution in [2.75, 3.05) is 25.4 Å².